The van der Waals surface area contributed by atoms with Crippen LogP contribution < -0.4 is 5.73 Å². The smallest absolute Gasteiger partial charge is 0.239 e. The van der Waals surface area contributed by atoms with Crippen molar-refractivity contribution < 1.29 is 9.90 Å². The molecule has 0 aliphatic heterocycles. The Labute approximate surface area is 103 Å². The van der Waals surface area contributed by atoms with Gasteiger partial charge in [0.15, 0.2) is 0 Å². The van der Waals surface area contributed by atoms with Gasteiger partial charge in [0.1, 0.15) is 12.3 Å². The lowest BCUT2D eigenvalue weighted by Gasteiger charge is -1.95. The summed E-state index contributed by atoms with van der Waals surface area (Å²) in [6, 6.07) is 6.72. The van der Waals surface area contributed by atoms with Crippen molar-refractivity contribution in [3.63, 3.8) is 0 Å². The zero-order valence-corrected chi connectivity index (χ0v) is 11.0. The molecule has 1 aromatic rings. The molecule has 0 saturated heterocycles. The normalized spacial score (nSPS) is 8.71. The third kappa shape index (κ3) is 9.11. The number of rotatable bonds is 3. The lowest BCUT2D eigenvalue weighted by Crippen LogP contribution is -2.14. The lowest BCUT2D eigenvalue weighted by atomic mass is 10.2. The summed E-state index contributed by atoms with van der Waals surface area (Å²) in [7, 11) is 0. The van der Waals surface area contributed by atoms with E-state index in [-0.39, 0.29) is 12.3 Å². The maximum absolute atomic E-state index is 10.3. The number of carbonyl (C=O) groups is 1. The zero-order chi connectivity index (χ0) is 13.7. The van der Waals surface area contributed by atoms with Crippen molar-refractivity contribution in [1.82, 2.24) is 0 Å². The van der Waals surface area contributed by atoms with Crippen molar-refractivity contribution in [1.29, 1.82) is 0 Å². The van der Waals surface area contributed by atoms with Gasteiger partial charge >= 0.3 is 0 Å². The molecule has 4 heteroatoms. The van der Waals surface area contributed by atoms with Gasteiger partial charge in [-0.1, -0.05) is 39.8 Å². The molecule has 0 aliphatic carbocycles. The molecule has 4 nitrogen and oxygen atoms in total. The van der Waals surface area contributed by atoms with Crippen LogP contribution in [0.5, 0.6) is 5.75 Å². The number of para-hydroxylation sites is 1. The van der Waals surface area contributed by atoms with Gasteiger partial charge in [-0.3, -0.25) is 9.79 Å². The maximum Gasteiger partial charge on any atom is 0.239 e. The van der Waals surface area contributed by atoms with Crippen LogP contribution in [0, 0.1) is 0 Å². The average molecular weight is 238 g/mol. The van der Waals surface area contributed by atoms with Crippen LogP contribution in [0.25, 0.3) is 0 Å². The highest BCUT2D eigenvalue weighted by Gasteiger charge is 1.94. The van der Waals surface area contributed by atoms with Crippen molar-refractivity contribution in [2.75, 3.05) is 6.54 Å². The second kappa shape index (κ2) is 12.2. The topological polar surface area (TPSA) is 75.7 Å². The lowest BCUT2D eigenvalue weighted by molar-refractivity contribution is -0.116. The molecule has 1 amide bonds. The first kappa shape index (κ1) is 17.6. The number of phenolic OH excluding ortho intramolecular Hbond substituents is 1. The van der Waals surface area contributed by atoms with Gasteiger partial charge in [0.2, 0.25) is 5.91 Å². The highest BCUT2D eigenvalue weighted by molar-refractivity contribution is 5.85. The third-order valence-electron chi connectivity index (χ3n) is 1.41. The number of hydrogen-bond acceptors (Lipinski definition) is 3. The van der Waals surface area contributed by atoms with E-state index in [0.717, 1.165) is 0 Å². The van der Waals surface area contributed by atoms with Crippen LogP contribution in [-0.4, -0.2) is 23.8 Å². The largest absolute Gasteiger partial charge is 0.507 e. The molecule has 1 rings (SSSR count). The van der Waals surface area contributed by atoms with Crippen LogP contribution in [0.4, 0.5) is 0 Å². The van der Waals surface area contributed by atoms with E-state index in [1.54, 1.807) is 24.3 Å². The molecular weight excluding hydrogens is 216 g/mol. The molecule has 0 radical (unpaired) electrons. The summed E-state index contributed by atoms with van der Waals surface area (Å²) in [6.07, 6.45) is 1.42. The first-order valence-corrected chi connectivity index (χ1v) is 5.76. The Morgan fingerprint density at radius 3 is 2.29 bits per heavy atom. The Balaban J connectivity index is 0. The number of benzene rings is 1. The Kier molecular flexibility index (Phi) is 12.6. The van der Waals surface area contributed by atoms with Gasteiger partial charge in [-0.2, -0.15) is 0 Å². The summed E-state index contributed by atoms with van der Waals surface area (Å²) < 4.78 is 0. The van der Waals surface area contributed by atoms with Crippen molar-refractivity contribution in [3.05, 3.63) is 29.8 Å². The molecule has 0 aromatic heterocycles. The number of phenols is 1. The van der Waals surface area contributed by atoms with Crippen molar-refractivity contribution >= 4 is 12.1 Å². The predicted octanol–water partition coefficient (Wildman–Crippen LogP) is 2.35. The van der Waals surface area contributed by atoms with Crippen LogP contribution in [0.15, 0.2) is 29.3 Å². The highest BCUT2D eigenvalue weighted by atomic mass is 16.3. The average Bonchev–Trinajstić information content (AvgIpc) is 2.36. The Bertz CT molecular complexity index is 336. The summed E-state index contributed by atoms with van der Waals surface area (Å²) in [5, 5.41) is 9.27. The third-order valence-corrected chi connectivity index (χ3v) is 1.41. The molecule has 0 spiro atoms. The highest BCUT2D eigenvalue weighted by Crippen LogP contribution is 2.12. The minimum Gasteiger partial charge on any atom is -0.507 e. The standard InChI is InChI=1S/C9H10N2O2.2C2H6/c10-9(13)6-11-5-7-3-1-2-4-8(7)12;2*1-2/h1-5,12H,6H2,(H2,10,13);2*1-2H3. The number of hydrogen-bond donors (Lipinski definition) is 2. The van der Waals surface area contributed by atoms with Crippen molar-refractivity contribution in [2.45, 2.75) is 27.7 Å². The van der Waals surface area contributed by atoms with Crippen LogP contribution in [-0.2, 0) is 4.79 Å². The molecule has 0 heterocycles. The fraction of sp³-hybridized carbons (Fsp3) is 0.385. The van der Waals surface area contributed by atoms with E-state index in [0.29, 0.717) is 5.56 Å². The minimum absolute atomic E-state index is 0.0612. The number of amides is 1. The quantitative estimate of drug-likeness (QED) is 0.793. The molecule has 0 saturated carbocycles. The monoisotopic (exact) mass is 238 g/mol. The number of primary amides is 1. The van der Waals surface area contributed by atoms with E-state index in [2.05, 4.69) is 4.99 Å². The number of aromatic hydroxyl groups is 1. The Hall–Kier alpha value is -1.84. The van der Waals surface area contributed by atoms with E-state index in [1.807, 2.05) is 27.7 Å². The second-order valence-electron chi connectivity index (χ2n) is 2.49. The molecule has 1 aromatic carbocycles. The van der Waals surface area contributed by atoms with Gasteiger partial charge in [0, 0.05) is 11.8 Å². The molecular formula is C13H22N2O2. The fourth-order valence-corrected chi connectivity index (χ4v) is 0.831. The van der Waals surface area contributed by atoms with E-state index in [1.165, 1.54) is 6.21 Å². The van der Waals surface area contributed by atoms with E-state index in [4.69, 9.17) is 5.73 Å². The summed E-state index contributed by atoms with van der Waals surface area (Å²) in [4.78, 5) is 14.1. The summed E-state index contributed by atoms with van der Waals surface area (Å²) in [6.45, 7) is 7.94. The summed E-state index contributed by atoms with van der Waals surface area (Å²) >= 11 is 0. The Morgan fingerprint density at radius 1 is 1.29 bits per heavy atom. The van der Waals surface area contributed by atoms with Gasteiger partial charge < -0.3 is 10.8 Å². The number of nitrogens with two attached hydrogens (primary N) is 1. The molecule has 0 bridgehead atoms. The molecule has 96 valence electrons. The van der Waals surface area contributed by atoms with Crippen molar-refractivity contribution in [2.24, 2.45) is 10.7 Å². The van der Waals surface area contributed by atoms with Gasteiger partial charge in [-0.05, 0) is 12.1 Å². The summed E-state index contributed by atoms with van der Waals surface area (Å²) in [5.41, 5.74) is 5.45. The van der Waals surface area contributed by atoms with Crippen LogP contribution in [0.1, 0.15) is 33.3 Å². The number of carbonyl (C=O) groups excluding carboxylic acids is 1. The van der Waals surface area contributed by atoms with Gasteiger partial charge in [-0.25, -0.2) is 0 Å². The molecule has 3 N–H and O–H groups in total. The first-order valence-electron chi connectivity index (χ1n) is 5.76. The van der Waals surface area contributed by atoms with Gasteiger partial charge in [-0.15, -0.1) is 0 Å². The first-order chi connectivity index (χ1) is 8.20. The SMILES string of the molecule is CC.CC.NC(=O)CN=Cc1ccccc1O. The molecule has 0 unspecified atom stereocenters. The predicted molar refractivity (Wildman–Crippen MR) is 72.5 cm³/mol. The van der Waals surface area contributed by atoms with E-state index in [9.17, 15) is 9.90 Å². The molecule has 0 fully saturated rings. The zero-order valence-electron chi connectivity index (χ0n) is 11.0. The van der Waals surface area contributed by atoms with E-state index < -0.39 is 5.91 Å². The second-order valence-corrected chi connectivity index (χ2v) is 2.49. The van der Waals surface area contributed by atoms with Crippen LogP contribution >= 0.6 is 0 Å². The molecule has 17 heavy (non-hydrogen) atoms. The van der Waals surface area contributed by atoms with Crippen LogP contribution in [0.2, 0.25) is 0 Å². The van der Waals surface area contributed by atoms with E-state index >= 15 is 0 Å². The maximum atomic E-state index is 10.3. The molecule has 0 aliphatic rings. The fourth-order valence-electron chi connectivity index (χ4n) is 0.831. The molecule has 0 atom stereocenters. The van der Waals surface area contributed by atoms with Gasteiger partial charge in [0.25, 0.3) is 0 Å². The van der Waals surface area contributed by atoms with Crippen LogP contribution in [0.3, 0.4) is 0 Å². The summed E-state index contributed by atoms with van der Waals surface area (Å²) in [5.74, 6) is -0.359. The minimum atomic E-state index is -0.494. The number of aliphatic imine (C=N–C) groups is 1. The Morgan fingerprint density at radius 2 is 1.82 bits per heavy atom. The van der Waals surface area contributed by atoms with Gasteiger partial charge in [0.05, 0.1) is 0 Å². The number of nitrogens with zero attached hydrogens (tertiary/aromatic N) is 1. The van der Waals surface area contributed by atoms with Crippen molar-refractivity contribution in [3.8, 4) is 5.75 Å².